The zero-order chi connectivity index (χ0) is 17.7. The molecule has 0 aromatic heterocycles. The number of urea groups is 1. The molecule has 130 valence electrons. The highest BCUT2D eigenvalue weighted by atomic mass is 19.4. The average Bonchev–Trinajstić information content (AvgIpc) is 2.55. The van der Waals surface area contributed by atoms with Crippen molar-refractivity contribution < 1.29 is 23.1 Å². The van der Waals surface area contributed by atoms with Crippen LogP contribution in [-0.4, -0.2) is 60.3 Å². The molecular formula is C15H17F3N4O2. The Kier molecular flexibility index (Phi) is 5.64. The van der Waals surface area contributed by atoms with Gasteiger partial charge < -0.3 is 15.3 Å². The molecule has 1 aromatic rings. The standard InChI is InChI=1S/C15H17F3N4O2/c16-15(17,18)13-9-12(2-1-11(13)10-19)20-14(24)22-5-3-21(4-6-22)7-8-23/h1-2,9,23H,3-8H2,(H,20,24). The van der Waals surface area contributed by atoms with Crippen molar-refractivity contribution in [3.63, 3.8) is 0 Å². The van der Waals surface area contributed by atoms with Crippen molar-refractivity contribution in [2.75, 3.05) is 44.6 Å². The molecule has 0 unspecified atom stereocenters. The lowest BCUT2D eigenvalue weighted by Crippen LogP contribution is -2.50. The fourth-order valence-corrected chi connectivity index (χ4v) is 2.47. The van der Waals surface area contributed by atoms with Gasteiger partial charge >= 0.3 is 12.2 Å². The van der Waals surface area contributed by atoms with E-state index in [2.05, 4.69) is 5.32 Å². The number of nitrogens with one attached hydrogen (secondary N) is 1. The summed E-state index contributed by atoms with van der Waals surface area (Å²) in [5, 5.41) is 20.1. The largest absolute Gasteiger partial charge is 0.417 e. The normalized spacial score (nSPS) is 15.9. The summed E-state index contributed by atoms with van der Waals surface area (Å²) in [4.78, 5) is 15.6. The van der Waals surface area contributed by atoms with Gasteiger partial charge in [-0.3, -0.25) is 4.90 Å². The van der Waals surface area contributed by atoms with Crippen LogP contribution in [0.3, 0.4) is 0 Å². The topological polar surface area (TPSA) is 79.6 Å². The molecule has 1 fully saturated rings. The quantitative estimate of drug-likeness (QED) is 0.877. The minimum Gasteiger partial charge on any atom is -0.395 e. The van der Waals surface area contributed by atoms with Gasteiger partial charge in [-0.15, -0.1) is 0 Å². The highest BCUT2D eigenvalue weighted by molar-refractivity contribution is 5.89. The molecule has 24 heavy (non-hydrogen) atoms. The number of carbonyl (C=O) groups excluding carboxylic acids is 1. The Morgan fingerprint density at radius 3 is 2.50 bits per heavy atom. The van der Waals surface area contributed by atoms with E-state index in [0.29, 0.717) is 32.7 Å². The zero-order valence-electron chi connectivity index (χ0n) is 12.8. The van der Waals surface area contributed by atoms with Crippen LogP contribution in [0.4, 0.5) is 23.7 Å². The summed E-state index contributed by atoms with van der Waals surface area (Å²) in [5.74, 6) is 0. The van der Waals surface area contributed by atoms with Crippen LogP contribution in [0, 0.1) is 11.3 Å². The van der Waals surface area contributed by atoms with Gasteiger partial charge in [-0.25, -0.2) is 4.79 Å². The Hall–Kier alpha value is -2.31. The fourth-order valence-electron chi connectivity index (χ4n) is 2.47. The number of carbonyl (C=O) groups is 1. The summed E-state index contributed by atoms with van der Waals surface area (Å²) >= 11 is 0. The number of hydrogen-bond acceptors (Lipinski definition) is 4. The number of hydrogen-bond donors (Lipinski definition) is 2. The molecule has 9 heteroatoms. The van der Waals surface area contributed by atoms with Crippen molar-refractivity contribution in [1.82, 2.24) is 9.80 Å². The maximum Gasteiger partial charge on any atom is 0.417 e. The molecular weight excluding hydrogens is 325 g/mol. The summed E-state index contributed by atoms with van der Waals surface area (Å²) in [6, 6.07) is 4.08. The maximum atomic E-state index is 12.9. The second-order valence-electron chi connectivity index (χ2n) is 5.35. The summed E-state index contributed by atoms with van der Waals surface area (Å²) in [6.45, 7) is 2.60. The van der Waals surface area contributed by atoms with E-state index in [9.17, 15) is 18.0 Å². The first-order valence-corrected chi connectivity index (χ1v) is 7.35. The number of rotatable bonds is 3. The predicted molar refractivity (Wildman–Crippen MR) is 80.3 cm³/mol. The van der Waals surface area contributed by atoms with Gasteiger partial charge in [0.05, 0.1) is 23.8 Å². The number of aliphatic hydroxyl groups excluding tert-OH is 1. The average molecular weight is 342 g/mol. The van der Waals surface area contributed by atoms with Crippen LogP contribution in [0.2, 0.25) is 0 Å². The molecule has 1 aromatic carbocycles. The van der Waals surface area contributed by atoms with Crippen molar-refractivity contribution in [3.05, 3.63) is 29.3 Å². The molecule has 2 rings (SSSR count). The van der Waals surface area contributed by atoms with E-state index >= 15 is 0 Å². The van der Waals surface area contributed by atoms with E-state index in [1.165, 1.54) is 17.0 Å². The summed E-state index contributed by atoms with van der Waals surface area (Å²) in [7, 11) is 0. The molecule has 2 amide bonds. The first-order chi connectivity index (χ1) is 11.3. The zero-order valence-corrected chi connectivity index (χ0v) is 12.8. The van der Waals surface area contributed by atoms with E-state index in [-0.39, 0.29) is 12.3 Å². The van der Waals surface area contributed by atoms with Gasteiger partial charge in [0.15, 0.2) is 0 Å². The third kappa shape index (κ3) is 4.37. The lowest BCUT2D eigenvalue weighted by atomic mass is 10.1. The summed E-state index contributed by atoms with van der Waals surface area (Å²) in [6.07, 6.45) is -4.66. The highest BCUT2D eigenvalue weighted by Crippen LogP contribution is 2.33. The van der Waals surface area contributed by atoms with Gasteiger partial charge in [-0.2, -0.15) is 18.4 Å². The number of nitrogens with zero attached hydrogens (tertiary/aromatic N) is 3. The van der Waals surface area contributed by atoms with Crippen LogP contribution in [-0.2, 0) is 6.18 Å². The molecule has 0 radical (unpaired) electrons. The Bertz CT molecular complexity index is 635. The van der Waals surface area contributed by atoms with E-state index in [1.54, 1.807) is 0 Å². The molecule has 1 aliphatic heterocycles. The van der Waals surface area contributed by atoms with Crippen molar-refractivity contribution in [1.29, 1.82) is 5.26 Å². The molecule has 0 bridgehead atoms. The van der Waals surface area contributed by atoms with E-state index < -0.39 is 23.3 Å². The Morgan fingerprint density at radius 1 is 1.29 bits per heavy atom. The lowest BCUT2D eigenvalue weighted by molar-refractivity contribution is -0.137. The van der Waals surface area contributed by atoms with Gasteiger partial charge in [0.25, 0.3) is 0 Å². The number of piperazine rings is 1. The fraction of sp³-hybridized carbons (Fsp3) is 0.467. The van der Waals surface area contributed by atoms with Gasteiger partial charge in [-0.05, 0) is 18.2 Å². The maximum absolute atomic E-state index is 12.9. The van der Waals surface area contributed by atoms with Gasteiger partial charge in [-0.1, -0.05) is 0 Å². The number of amides is 2. The third-order valence-corrected chi connectivity index (χ3v) is 3.77. The Balaban J connectivity index is 2.04. The number of anilines is 1. The molecule has 2 N–H and O–H groups in total. The monoisotopic (exact) mass is 342 g/mol. The number of β-amino-alcohol motifs (C(OH)–C–C–N with tert-alkyl or cyclic N) is 1. The number of alkyl halides is 3. The van der Waals surface area contributed by atoms with Crippen LogP contribution in [0.1, 0.15) is 11.1 Å². The number of nitriles is 1. The Morgan fingerprint density at radius 2 is 1.96 bits per heavy atom. The molecule has 1 heterocycles. The second-order valence-corrected chi connectivity index (χ2v) is 5.35. The highest BCUT2D eigenvalue weighted by Gasteiger charge is 2.34. The molecule has 0 spiro atoms. The first kappa shape index (κ1) is 18.0. The number of aliphatic hydroxyl groups is 1. The lowest BCUT2D eigenvalue weighted by Gasteiger charge is -2.34. The van der Waals surface area contributed by atoms with Crippen molar-refractivity contribution in [2.24, 2.45) is 0 Å². The molecule has 0 atom stereocenters. The Labute approximate surface area is 137 Å². The van der Waals surface area contributed by atoms with E-state index in [0.717, 1.165) is 12.1 Å². The minimum absolute atomic E-state index is 0.0101. The van der Waals surface area contributed by atoms with Crippen molar-refractivity contribution >= 4 is 11.7 Å². The van der Waals surface area contributed by atoms with Crippen LogP contribution >= 0.6 is 0 Å². The molecule has 0 aliphatic carbocycles. The van der Waals surface area contributed by atoms with Crippen molar-refractivity contribution in [2.45, 2.75) is 6.18 Å². The number of benzene rings is 1. The van der Waals surface area contributed by atoms with E-state index in [1.807, 2.05) is 4.90 Å². The van der Waals surface area contributed by atoms with Crippen LogP contribution in [0.15, 0.2) is 18.2 Å². The minimum atomic E-state index is -4.66. The van der Waals surface area contributed by atoms with Gasteiger partial charge in [0.2, 0.25) is 0 Å². The molecule has 1 aliphatic rings. The second kappa shape index (κ2) is 7.51. The number of halogens is 3. The summed E-state index contributed by atoms with van der Waals surface area (Å²) < 4.78 is 38.8. The predicted octanol–water partition coefficient (Wildman–Crippen LogP) is 1.72. The summed E-state index contributed by atoms with van der Waals surface area (Å²) in [5.41, 5.74) is -1.57. The van der Waals surface area contributed by atoms with Crippen LogP contribution < -0.4 is 5.32 Å². The van der Waals surface area contributed by atoms with Crippen LogP contribution in [0.25, 0.3) is 0 Å². The first-order valence-electron chi connectivity index (χ1n) is 7.35. The van der Waals surface area contributed by atoms with E-state index in [4.69, 9.17) is 10.4 Å². The van der Waals surface area contributed by atoms with Crippen molar-refractivity contribution in [3.8, 4) is 6.07 Å². The SMILES string of the molecule is N#Cc1ccc(NC(=O)N2CCN(CCO)CC2)cc1C(F)(F)F. The smallest absolute Gasteiger partial charge is 0.395 e. The third-order valence-electron chi connectivity index (χ3n) is 3.77. The van der Waals surface area contributed by atoms with Crippen LogP contribution in [0.5, 0.6) is 0 Å². The molecule has 0 saturated carbocycles. The molecule has 1 saturated heterocycles. The molecule has 6 nitrogen and oxygen atoms in total. The van der Waals surface area contributed by atoms with Gasteiger partial charge in [0, 0.05) is 38.4 Å². The van der Waals surface area contributed by atoms with Gasteiger partial charge in [0.1, 0.15) is 0 Å².